The molecule has 0 bridgehead atoms. The Labute approximate surface area is 246 Å². The highest BCUT2D eigenvalue weighted by Gasteiger charge is 2.15. The fourth-order valence-electron chi connectivity index (χ4n) is 3.69. The van der Waals surface area contributed by atoms with Gasteiger partial charge in [-0.05, 0) is 66.6 Å². The number of anilines is 1. The van der Waals surface area contributed by atoms with Crippen LogP contribution >= 0.6 is 27.5 Å². The van der Waals surface area contributed by atoms with Crippen LogP contribution in [-0.4, -0.2) is 12.5 Å². The van der Waals surface area contributed by atoms with Gasteiger partial charge < -0.3 is 19.5 Å². The summed E-state index contributed by atoms with van der Waals surface area (Å²) in [6.07, 6.45) is 1.50. The Morgan fingerprint density at radius 2 is 1.62 bits per heavy atom. The topological polar surface area (TPSA) is 80.6 Å². The number of hydrogen-bond donors (Lipinski definition) is 1. The molecule has 4 aromatic carbocycles. The van der Waals surface area contributed by atoms with E-state index in [0.717, 1.165) is 11.1 Å². The first kappa shape index (κ1) is 28.8. The lowest BCUT2D eigenvalue weighted by atomic mass is 10.1. The zero-order valence-electron chi connectivity index (χ0n) is 21.7. The minimum atomic E-state index is -0.538. The van der Waals surface area contributed by atoms with Gasteiger partial charge in [0.15, 0.2) is 11.5 Å². The normalized spacial score (nSPS) is 10.9. The number of amides is 1. The van der Waals surface area contributed by atoms with Crippen molar-refractivity contribution in [1.82, 2.24) is 0 Å². The Morgan fingerprint density at radius 1 is 0.925 bits per heavy atom. The van der Waals surface area contributed by atoms with Crippen molar-refractivity contribution in [3.05, 3.63) is 123 Å². The summed E-state index contributed by atoms with van der Waals surface area (Å²) in [5.41, 5.74) is 2.95. The van der Waals surface area contributed by atoms with Gasteiger partial charge in [0.05, 0.1) is 6.61 Å². The molecule has 0 spiro atoms. The zero-order chi connectivity index (χ0) is 28.3. The zero-order valence-corrected chi connectivity index (χ0v) is 24.0. The van der Waals surface area contributed by atoms with E-state index >= 15 is 0 Å². The molecule has 202 valence electrons. The van der Waals surface area contributed by atoms with E-state index in [1.807, 2.05) is 61.5 Å². The molecule has 4 aromatic rings. The number of carbonyl (C=O) groups is 1. The van der Waals surface area contributed by atoms with Crippen molar-refractivity contribution in [3.63, 3.8) is 0 Å². The Kier molecular flexibility index (Phi) is 10.2. The lowest BCUT2D eigenvalue weighted by molar-refractivity contribution is -0.112. The maximum atomic E-state index is 12.9. The van der Waals surface area contributed by atoms with Gasteiger partial charge >= 0.3 is 0 Å². The van der Waals surface area contributed by atoms with Gasteiger partial charge in [-0.2, -0.15) is 5.26 Å². The molecule has 0 unspecified atom stereocenters. The molecule has 0 aromatic heterocycles. The number of rotatable bonds is 11. The second kappa shape index (κ2) is 14.2. The van der Waals surface area contributed by atoms with E-state index in [-0.39, 0.29) is 12.2 Å². The standard InChI is InChI=1S/C32H26BrClN2O4/c1-2-38-30-17-24(28(33)18-31(30)40-21-23-10-6-7-11-29(23)34)16-25(19-35)32(37)36-26-12-14-27(15-13-26)39-20-22-8-4-3-5-9-22/h3-18H,2,20-21H2,1H3,(H,36,37)/b25-16+. The highest BCUT2D eigenvalue weighted by atomic mass is 79.9. The molecule has 8 heteroatoms. The van der Waals surface area contributed by atoms with Crippen LogP contribution in [-0.2, 0) is 18.0 Å². The number of ether oxygens (including phenoxy) is 3. The third-order valence-electron chi connectivity index (χ3n) is 5.73. The van der Waals surface area contributed by atoms with Gasteiger partial charge in [0.25, 0.3) is 5.91 Å². The van der Waals surface area contributed by atoms with E-state index in [1.54, 1.807) is 42.5 Å². The monoisotopic (exact) mass is 616 g/mol. The fraction of sp³-hybridized carbons (Fsp3) is 0.125. The van der Waals surface area contributed by atoms with Gasteiger partial charge in [0.2, 0.25) is 0 Å². The predicted molar refractivity (Wildman–Crippen MR) is 161 cm³/mol. The van der Waals surface area contributed by atoms with Gasteiger partial charge in [0.1, 0.15) is 30.6 Å². The van der Waals surface area contributed by atoms with Crippen LogP contribution in [0.3, 0.4) is 0 Å². The molecular formula is C32H26BrClN2O4. The highest BCUT2D eigenvalue weighted by Crippen LogP contribution is 2.36. The predicted octanol–water partition coefficient (Wildman–Crippen LogP) is 8.20. The van der Waals surface area contributed by atoms with Crippen LogP contribution in [0.4, 0.5) is 5.69 Å². The summed E-state index contributed by atoms with van der Waals surface area (Å²) < 4.78 is 18.2. The number of nitriles is 1. The average Bonchev–Trinajstić information content (AvgIpc) is 2.97. The lowest BCUT2D eigenvalue weighted by Crippen LogP contribution is -2.13. The summed E-state index contributed by atoms with van der Waals surface area (Å²) in [5.74, 6) is 1.11. The van der Waals surface area contributed by atoms with E-state index < -0.39 is 5.91 Å². The third kappa shape index (κ3) is 7.89. The van der Waals surface area contributed by atoms with Crippen LogP contribution in [0.5, 0.6) is 17.2 Å². The Hall–Kier alpha value is -4.25. The first-order valence-corrected chi connectivity index (χ1v) is 13.7. The van der Waals surface area contributed by atoms with E-state index in [2.05, 4.69) is 21.2 Å². The Morgan fingerprint density at radius 3 is 2.33 bits per heavy atom. The number of nitrogens with one attached hydrogen (secondary N) is 1. The van der Waals surface area contributed by atoms with Crippen molar-refractivity contribution in [1.29, 1.82) is 5.26 Å². The van der Waals surface area contributed by atoms with Crippen molar-refractivity contribution >= 4 is 45.2 Å². The Balaban J connectivity index is 1.45. The molecule has 0 radical (unpaired) electrons. The SMILES string of the molecule is CCOc1cc(/C=C(\C#N)C(=O)Nc2ccc(OCc3ccccc3)cc2)c(Br)cc1OCc1ccccc1Cl. The summed E-state index contributed by atoms with van der Waals surface area (Å²) in [7, 11) is 0. The number of carbonyl (C=O) groups excluding carboxylic acids is 1. The number of hydrogen-bond acceptors (Lipinski definition) is 5. The molecule has 0 heterocycles. The summed E-state index contributed by atoms with van der Waals surface area (Å²) in [6.45, 7) is 2.96. The van der Waals surface area contributed by atoms with Crippen LogP contribution in [0.1, 0.15) is 23.6 Å². The third-order valence-corrected chi connectivity index (χ3v) is 6.78. The van der Waals surface area contributed by atoms with E-state index in [4.69, 9.17) is 25.8 Å². The summed E-state index contributed by atoms with van der Waals surface area (Å²) in [4.78, 5) is 12.9. The minimum absolute atomic E-state index is 0.0720. The molecule has 40 heavy (non-hydrogen) atoms. The summed E-state index contributed by atoms with van der Waals surface area (Å²) in [6, 6.07) is 29.7. The van der Waals surface area contributed by atoms with Crippen LogP contribution in [0.2, 0.25) is 5.02 Å². The van der Waals surface area contributed by atoms with E-state index in [9.17, 15) is 10.1 Å². The second-order valence-electron chi connectivity index (χ2n) is 8.56. The van der Waals surface area contributed by atoms with Gasteiger partial charge in [-0.3, -0.25) is 4.79 Å². The van der Waals surface area contributed by atoms with Crippen molar-refractivity contribution in [2.24, 2.45) is 0 Å². The molecular weight excluding hydrogens is 592 g/mol. The lowest BCUT2D eigenvalue weighted by Gasteiger charge is -2.15. The van der Waals surface area contributed by atoms with Gasteiger partial charge in [-0.1, -0.05) is 76.1 Å². The van der Waals surface area contributed by atoms with Crippen LogP contribution in [0.15, 0.2) is 101 Å². The quantitative estimate of drug-likeness (QED) is 0.136. The molecule has 1 amide bonds. The van der Waals surface area contributed by atoms with Crippen molar-refractivity contribution < 1.29 is 19.0 Å². The smallest absolute Gasteiger partial charge is 0.266 e. The summed E-state index contributed by atoms with van der Waals surface area (Å²) >= 11 is 9.78. The molecule has 0 aliphatic rings. The molecule has 6 nitrogen and oxygen atoms in total. The van der Waals surface area contributed by atoms with E-state index in [1.165, 1.54) is 6.08 Å². The first-order chi connectivity index (χ1) is 19.5. The number of halogens is 2. The Bertz CT molecular complexity index is 1530. The molecule has 4 rings (SSSR count). The van der Waals surface area contributed by atoms with Gasteiger partial charge in [-0.25, -0.2) is 0 Å². The van der Waals surface area contributed by atoms with Crippen LogP contribution in [0, 0.1) is 11.3 Å². The molecule has 0 saturated heterocycles. The van der Waals surface area contributed by atoms with Gasteiger partial charge in [-0.15, -0.1) is 0 Å². The number of nitrogens with zero attached hydrogens (tertiary/aromatic N) is 1. The molecule has 1 N–H and O–H groups in total. The van der Waals surface area contributed by atoms with Crippen molar-refractivity contribution in [2.75, 3.05) is 11.9 Å². The summed E-state index contributed by atoms with van der Waals surface area (Å²) in [5, 5.41) is 13.1. The highest BCUT2D eigenvalue weighted by molar-refractivity contribution is 9.10. The number of benzene rings is 4. The van der Waals surface area contributed by atoms with Crippen LogP contribution < -0.4 is 19.5 Å². The van der Waals surface area contributed by atoms with E-state index in [0.29, 0.717) is 51.2 Å². The molecule has 0 saturated carbocycles. The molecule has 0 aliphatic heterocycles. The van der Waals surface area contributed by atoms with Crippen molar-refractivity contribution in [2.45, 2.75) is 20.1 Å². The van der Waals surface area contributed by atoms with Crippen LogP contribution in [0.25, 0.3) is 6.08 Å². The molecule has 0 fully saturated rings. The first-order valence-electron chi connectivity index (χ1n) is 12.5. The molecule has 0 atom stereocenters. The largest absolute Gasteiger partial charge is 0.490 e. The second-order valence-corrected chi connectivity index (χ2v) is 9.82. The van der Waals surface area contributed by atoms with Crippen molar-refractivity contribution in [3.8, 4) is 23.3 Å². The fourth-order valence-corrected chi connectivity index (χ4v) is 4.32. The average molecular weight is 618 g/mol. The maximum Gasteiger partial charge on any atom is 0.266 e. The van der Waals surface area contributed by atoms with Gasteiger partial charge in [0, 0.05) is 20.7 Å². The molecule has 0 aliphatic carbocycles. The minimum Gasteiger partial charge on any atom is -0.490 e. The maximum absolute atomic E-state index is 12.9.